The second-order valence-corrected chi connectivity index (χ2v) is 9.89. The Morgan fingerprint density at radius 3 is 2.59 bits per heavy atom. The number of para-hydroxylation sites is 1. The smallest absolute Gasteiger partial charge is 0.339 e. The van der Waals surface area contributed by atoms with E-state index in [0.29, 0.717) is 30.6 Å². The maximum atomic E-state index is 12.6. The number of hydroxylamine groups is 1. The first-order chi connectivity index (χ1) is 18.9. The van der Waals surface area contributed by atoms with Gasteiger partial charge in [0.2, 0.25) is 5.91 Å². The summed E-state index contributed by atoms with van der Waals surface area (Å²) in [5.74, 6) is -0.385. The van der Waals surface area contributed by atoms with Gasteiger partial charge in [0.25, 0.3) is 0 Å². The van der Waals surface area contributed by atoms with Crippen molar-refractivity contribution in [2.45, 2.75) is 39.7 Å². The molecule has 2 aromatic heterocycles. The number of aryl methyl sites for hydroxylation is 3. The van der Waals surface area contributed by atoms with Gasteiger partial charge < -0.3 is 9.15 Å². The van der Waals surface area contributed by atoms with E-state index >= 15 is 0 Å². The van der Waals surface area contributed by atoms with Gasteiger partial charge in [-0.2, -0.15) is 0 Å². The van der Waals surface area contributed by atoms with Gasteiger partial charge >= 0.3 is 5.63 Å². The van der Waals surface area contributed by atoms with Crippen LogP contribution < -0.4 is 15.8 Å². The summed E-state index contributed by atoms with van der Waals surface area (Å²) in [6.45, 7) is 4.36. The molecule has 0 spiro atoms. The van der Waals surface area contributed by atoms with Crippen LogP contribution in [0.15, 0.2) is 88.1 Å². The SMILES string of the molecule is Cc1ccc2oc(=O)c(CC(CCc3ccc(OCc4cc(C)nc5ccccc45)cc3)C(=O)NO)cc2c1. The molecule has 7 heteroatoms. The Balaban J connectivity index is 1.24. The molecule has 0 saturated carbocycles. The van der Waals surface area contributed by atoms with Crippen molar-refractivity contribution in [1.29, 1.82) is 0 Å². The van der Waals surface area contributed by atoms with Gasteiger partial charge in [0.1, 0.15) is 17.9 Å². The lowest BCUT2D eigenvalue weighted by atomic mass is 9.92. The number of hydrogen-bond acceptors (Lipinski definition) is 6. The Morgan fingerprint density at radius 1 is 1.00 bits per heavy atom. The molecule has 1 amide bonds. The van der Waals surface area contributed by atoms with E-state index in [0.717, 1.165) is 44.4 Å². The van der Waals surface area contributed by atoms with E-state index in [2.05, 4.69) is 4.98 Å². The molecule has 39 heavy (non-hydrogen) atoms. The van der Waals surface area contributed by atoms with Crippen molar-refractivity contribution in [2.24, 2.45) is 5.92 Å². The van der Waals surface area contributed by atoms with Crippen LogP contribution in [0.4, 0.5) is 0 Å². The van der Waals surface area contributed by atoms with E-state index in [1.165, 1.54) is 0 Å². The third-order valence-corrected chi connectivity index (χ3v) is 6.94. The van der Waals surface area contributed by atoms with E-state index in [9.17, 15) is 14.8 Å². The minimum absolute atomic E-state index is 0.166. The zero-order chi connectivity index (χ0) is 27.4. The molecular weight excluding hydrogens is 492 g/mol. The Hall–Kier alpha value is -4.49. The number of aromatic nitrogens is 1. The fourth-order valence-electron chi connectivity index (χ4n) is 4.88. The number of nitrogens with zero attached hydrogens (tertiary/aromatic N) is 1. The molecule has 0 aliphatic heterocycles. The summed E-state index contributed by atoms with van der Waals surface area (Å²) in [5.41, 5.74) is 7.22. The maximum absolute atomic E-state index is 12.6. The number of nitrogens with one attached hydrogen (secondary N) is 1. The van der Waals surface area contributed by atoms with Crippen molar-refractivity contribution in [3.05, 3.63) is 117 Å². The summed E-state index contributed by atoms with van der Waals surface area (Å²) < 4.78 is 11.5. The van der Waals surface area contributed by atoms with Crippen LogP contribution in [0.2, 0.25) is 0 Å². The number of pyridine rings is 1. The zero-order valence-corrected chi connectivity index (χ0v) is 21.9. The summed E-state index contributed by atoms with van der Waals surface area (Å²) in [4.78, 5) is 29.6. The number of fused-ring (bicyclic) bond motifs is 2. The first-order valence-corrected chi connectivity index (χ1v) is 12.9. The topological polar surface area (TPSA) is 102 Å². The van der Waals surface area contributed by atoms with E-state index in [4.69, 9.17) is 9.15 Å². The first-order valence-electron chi connectivity index (χ1n) is 12.9. The number of carbonyl (C=O) groups is 1. The first kappa shape index (κ1) is 26.1. The molecule has 198 valence electrons. The molecule has 0 bridgehead atoms. The Labute approximate surface area is 226 Å². The van der Waals surface area contributed by atoms with Crippen LogP contribution in [0.5, 0.6) is 5.75 Å². The average Bonchev–Trinajstić information content (AvgIpc) is 2.94. The van der Waals surface area contributed by atoms with Crippen molar-refractivity contribution in [3.8, 4) is 5.75 Å². The molecule has 5 aromatic rings. The van der Waals surface area contributed by atoms with Crippen molar-refractivity contribution in [3.63, 3.8) is 0 Å². The number of carbonyl (C=O) groups excluding carboxylic acids is 1. The highest BCUT2D eigenvalue weighted by Crippen LogP contribution is 2.23. The number of amides is 1. The summed E-state index contributed by atoms with van der Waals surface area (Å²) >= 11 is 0. The molecular formula is C32H30N2O5. The number of hydrogen-bond donors (Lipinski definition) is 2. The molecule has 3 aromatic carbocycles. The molecule has 7 nitrogen and oxygen atoms in total. The molecule has 0 saturated heterocycles. The van der Waals surface area contributed by atoms with Crippen LogP contribution in [-0.4, -0.2) is 16.1 Å². The number of benzene rings is 3. The zero-order valence-electron chi connectivity index (χ0n) is 21.9. The monoisotopic (exact) mass is 522 g/mol. The van der Waals surface area contributed by atoms with Crippen LogP contribution in [0.3, 0.4) is 0 Å². The molecule has 2 N–H and O–H groups in total. The van der Waals surface area contributed by atoms with Crippen molar-refractivity contribution in [1.82, 2.24) is 10.5 Å². The van der Waals surface area contributed by atoms with Gasteiger partial charge in [-0.25, -0.2) is 10.3 Å². The molecule has 2 heterocycles. The highest BCUT2D eigenvalue weighted by atomic mass is 16.5. The van der Waals surface area contributed by atoms with E-state index < -0.39 is 17.5 Å². The lowest BCUT2D eigenvalue weighted by molar-refractivity contribution is -0.133. The van der Waals surface area contributed by atoms with Crippen molar-refractivity contribution < 1.29 is 19.2 Å². The Kier molecular flexibility index (Phi) is 7.70. The number of rotatable bonds is 9. The highest BCUT2D eigenvalue weighted by molar-refractivity contribution is 5.82. The van der Waals surface area contributed by atoms with Crippen LogP contribution in [0.25, 0.3) is 21.9 Å². The molecule has 0 radical (unpaired) electrons. The summed E-state index contributed by atoms with van der Waals surface area (Å²) in [6.07, 6.45) is 1.20. The van der Waals surface area contributed by atoms with Crippen LogP contribution in [0.1, 0.15) is 34.4 Å². The molecule has 1 atom stereocenters. The van der Waals surface area contributed by atoms with Gasteiger partial charge in [-0.3, -0.25) is 15.0 Å². The quantitative estimate of drug-likeness (QED) is 0.143. The minimum Gasteiger partial charge on any atom is -0.489 e. The van der Waals surface area contributed by atoms with E-state index in [1.54, 1.807) is 17.6 Å². The van der Waals surface area contributed by atoms with Crippen LogP contribution in [-0.2, 0) is 24.2 Å². The molecule has 0 aliphatic carbocycles. The Morgan fingerprint density at radius 2 is 1.79 bits per heavy atom. The summed E-state index contributed by atoms with van der Waals surface area (Å²) in [6, 6.07) is 25.2. The normalized spacial score (nSPS) is 12.0. The van der Waals surface area contributed by atoms with Gasteiger partial charge in [-0.1, -0.05) is 42.0 Å². The van der Waals surface area contributed by atoms with Gasteiger partial charge in [0, 0.05) is 33.5 Å². The van der Waals surface area contributed by atoms with Gasteiger partial charge in [0.15, 0.2) is 0 Å². The number of ether oxygens (including phenoxy) is 1. The van der Waals surface area contributed by atoms with Crippen LogP contribution in [0, 0.1) is 19.8 Å². The van der Waals surface area contributed by atoms with Crippen molar-refractivity contribution >= 4 is 27.8 Å². The second-order valence-electron chi connectivity index (χ2n) is 9.89. The predicted octanol–water partition coefficient (Wildman–Crippen LogP) is 5.83. The van der Waals surface area contributed by atoms with E-state index in [-0.39, 0.29) is 6.42 Å². The van der Waals surface area contributed by atoms with Gasteiger partial charge in [-0.15, -0.1) is 0 Å². The Bertz CT molecular complexity index is 1690. The highest BCUT2D eigenvalue weighted by Gasteiger charge is 2.21. The lowest BCUT2D eigenvalue weighted by Crippen LogP contribution is -2.31. The predicted molar refractivity (Wildman–Crippen MR) is 150 cm³/mol. The maximum Gasteiger partial charge on any atom is 0.339 e. The molecule has 5 rings (SSSR count). The largest absolute Gasteiger partial charge is 0.489 e. The average molecular weight is 523 g/mol. The summed E-state index contributed by atoms with van der Waals surface area (Å²) in [7, 11) is 0. The molecule has 0 aliphatic rings. The van der Waals surface area contributed by atoms with Crippen molar-refractivity contribution in [2.75, 3.05) is 0 Å². The standard InChI is InChI=1S/C32H30N2O5/c1-20-7-14-30-24(15-20)18-25(32(36)39-30)17-23(31(35)34-37)11-8-22-9-12-27(13-10-22)38-19-26-16-21(2)33-29-6-4-3-5-28(26)29/h3-7,9-10,12-16,18,23,37H,8,11,17,19H2,1-2H3,(H,34,35). The summed E-state index contributed by atoms with van der Waals surface area (Å²) in [5, 5.41) is 11.2. The van der Waals surface area contributed by atoms with Crippen LogP contribution >= 0.6 is 0 Å². The fourth-order valence-corrected chi connectivity index (χ4v) is 4.88. The fraction of sp³-hybridized carbons (Fsp3) is 0.219. The van der Waals surface area contributed by atoms with E-state index in [1.807, 2.05) is 80.6 Å². The third kappa shape index (κ3) is 6.16. The third-order valence-electron chi connectivity index (χ3n) is 6.94. The lowest BCUT2D eigenvalue weighted by Gasteiger charge is -2.15. The second kappa shape index (κ2) is 11.5. The molecule has 1 unspecified atom stereocenters. The molecule has 0 fully saturated rings. The minimum atomic E-state index is -0.598. The van der Waals surface area contributed by atoms with Gasteiger partial charge in [0.05, 0.1) is 5.52 Å². The van der Waals surface area contributed by atoms with Gasteiger partial charge in [-0.05, 0) is 81.1 Å².